The highest BCUT2D eigenvalue weighted by atomic mass is 35.5. The van der Waals surface area contributed by atoms with Gasteiger partial charge < -0.3 is 4.74 Å². The summed E-state index contributed by atoms with van der Waals surface area (Å²) in [4.78, 5) is 0. The summed E-state index contributed by atoms with van der Waals surface area (Å²) in [5, 5.41) is -0.235. The second-order valence-corrected chi connectivity index (χ2v) is 7.63. The van der Waals surface area contributed by atoms with E-state index in [0.29, 0.717) is 14.0 Å². The van der Waals surface area contributed by atoms with Crippen LogP contribution in [0.4, 0.5) is 65.9 Å². The van der Waals surface area contributed by atoms with Gasteiger partial charge in [-0.05, 0) is 24.6 Å². The summed E-state index contributed by atoms with van der Waals surface area (Å²) >= 11 is 5.57. The van der Waals surface area contributed by atoms with E-state index in [4.69, 9.17) is 11.6 Å². The van der Waals surface area contributed by atoms with Crippen LogP contribution >= 0.6 is 11.6 Å². The summed E-state index contributed by atoms with van der Waals surface area (Å²) in [6, 6.07) is 3.84. The molecule has 0 heterocycles. The first-order chi connectivity index (χ1) is 14.8. The lowest BCUT2D eigenvalue weighted by molar-refractivity contribution is -0.453. The monoisotopic (exact) mass is 552 g/mol. The van der Waals surface area contributed by atoms with Crippen LogP contribution in [0.2, 0.25) is 5.02 Å². The fourth-order valence-electron chi connectivity index (χ4n) is 2.64. The van der Waals surface area contributed by atoms with Crippen LogP contribution in [0.5, 0.6) is 0 Å². The Hall–Kier alpha value is -1.58. The van der Waals surface area contributed by atoms with Crippen molar-refractivity contribution < 1.29 is 70.6 Å². The van der Waals surface area contributed by atoms with E-state index in [2.05, 4.69) is 4.74 Å². The third-order valence-electron chi connectivity index (χ3n) is 4.84. The molecule has 0 aromatic heterocycles. The molecule has 0 amide bonds. The molecule has 0 spiro atoms. The Bertz CT molecular complexity index is 880. The maximum atomic E-state index is 14.3. The topological polar surface area (TPSA) is 9.23 Å². The van der Waals surface area contributed by atoms with E-state index in [0.717, 1.165) is 24.3 Å². The smallest absolute Gasteiger partial charge is 0.374 e. The van der Waals surface area contributed by atoms with Crippen molar-refractivity contribution in [1.29, 1.82) is 0 Å². The number of hydrogen-bond donors (Lipinski definition) is 0. The molecule has 0 aliphatic heterocycles. The van der Waals surface area contributed by atoms with Gasteiger partial charge in [-0.15, -0.1) is 0 Å². The van der Waals surface area contributed by atoms with Gasteiger partial charge in [0.2, 0.25) is 0 Å². The van der Waals surface area contributed by atoms with Crippen LogP contribution in [0.25, 0.3) is 0 Å². The Kier molecular flexibility index (Phi) is 7.63. The van der Waals surface area contributed by atoms with E-state index in [-0.39, 0.29) is 5.02 Å². The van der Waals surface area contributed by atoms with Gasteiger partial charge in [0.1, 0.15) is 0 Å². The molecule has 0 aliphatic rings. The van der Waals surface area contributed by atoms with E-state index in [9.17, 15) is 65.9 Å². The zero-order valence-corrected chi connectivity index (χ0v) is 17.2. The fourth-order valence-corrected chi connectivity index (χ4v) is 2.83. The van der Waals surface area contributed by atoms with Crippen molar-refractivity contribution in [1.82, 2.24) is 0 Å². The predicted molar refractivity (Wildman–Crippen MR) is 86.2 cm³/mol. The molecule has 0 saturated heterocycles. The number of halogens is 16. The van der Waals surface area contributed by atoms with Crippen LogP contribution in [0.3, 0.4) is 0 Å². The summed E-state index contributed by atoms with van der Waals surface area (Å²) in [6.07, 6.45) is -10.3. The third kappa shape index (κ3) is 4.39. The van der Waals surface area contributed by atoms with Crippen LogP contribution in [0.15, 0.2) is 24.3 Å². The zero-order chi connectivity index (χ0) is 27.4. The molecule has 1 aromatic carbocycles. The first-order valence-electron chi connectivity index (χ1n) is 8.41. The maximum absolute atomic E-state index is 14.3. The van der Waals surface area contributed by atoms with Gasteiger partial charge in [0, 0.05) is 12.1 Å². The van der Waals surface area contributed by atoms with Gasteiger partial charge in [0.25, 0.3) is 0 Å². The molecule has 1 rings (SSSR count). The minimum atomic E-state index is -8.33. The van der Waals surface area contributed by atoms with E-state index in [1.165, 1.54) is 0 Å². The van der Waals surface area contributed by atoms with Gasteiger partial charge in [-0.25, -0.2) is 0 Å². The zero-order valence-electron chi connectivity index (χ0n) is 16.5. The van der Waals surface area contributed by atoms with Crippen molar-refractivity contribution in [3.8, 4) is 0 Å². The largest absolute Gasteiger partial charge is 0.460 e. The Balaban J connectivity index is 3.60. The molecular weight excluding hydrogens is 541 g/mol. The number of hydrogen-bond acceptors (Lipinski definition) is 1. The summed E-state index contributed by atoms with van der Waals surface area (Å²) in [7, 11) is 0.569. The summed E-state index contributed by atoms with van der Waals surface area (Å²) in [5.74, 6) is -46.8. The SMILES string of the molecule is COC(C)(CC(F)(F)C(F)(F)C(F)(F)C(F)(F)C(F)(F)C(F)(F)C(F)(F)F)c1cccc(Cl)c1. The van der Waals surface area contributed by atoms with Crippen molar-refractivity contribution >= 4 is 11.6 Å². The number of benzene rings is 1. The van der Waals surface area contributed by atoms with E-state index >= 15 is 0 Å². The minimum absolute atomic E-state index is 0.235. The van der Waals surface area contributed by atoms with Gasteiger partial charge in [0.05, 0.1) is 12.0 Å². The average Bonchev–Trinajstić information content (AvgIpc) is 2.65. The number of ether oxygens (including phenoxy) is 1. The van der Waals surface area contributed by atoms with Crippen molar-refractivity contribution in [2.24, 2.45) is 0 Å². The van der Waals surface area contributed by atoms with Gasteiger partial charge >= 0.3 is 41.7 Å². The van der Waals surface area contributed by atoms with Gasteiger partial charge in [-0.2, -0.15) is 65.9 Å². The molecule has 1 aromatic rings. The lowest BCUT2D eigenvalue weighted by Crippen LogP contribution is -2.72. The molecule has 1 unspecified atom stereocenters. The van der Waals surface area contributed by atoms with Gasteiger partial charge in [-0.3, -0.25) is 0 Å². The van der Waals surface area contributed by atoms with E-state index < -0.39 is 59.3 Å². The molecule has 0 saturated carbocycles. The highest BCUT2D eigenvalue weighted by Crippen LogP contribution is 2.63. The first kappa shape index (κ1) is 30.5. The lowest BCUT2D eigenvalue weighted by Gasteiger charge is -2.43. The third-order valence-corrected chi connectivity index (χ3v) is 5.07. The van der Waals surface area contributed by atoms with Crippen LogP contribution in [-0.4, -0.2) is 48.8 Å². The van der Waals surface area contributed by atoms with Crippen molar-refractivity contribution in [2.45, 2.75) is 60.7 Å². The van der Waals surface area contributed by atoms with Crippen LogP contribution in [-0.2, 0) is 10.3 Å². The Morgan fingerprint density at radius 2 is 1.09 bits per heavy atom. The Labute approximate surface area is 185 Å². The second-order valence-electron chi connectivity index (χ2n) is 7.20. The normalized spacial score (nSPS) is 17.0. The quantitative estimate of drug-likeness (QED) is 0.282. The molecule has 198 valence electrons. The van der Waals surface area contributed by atoms with Gasteiger partial charge in [-0.1, -0.05) is 23.7 Å². The van der Waals surface area contributed by atoms with Crippen LogP contribution in [0.1, 0.15) is 18.9 Å². The number of rotatable bonds is 9. The molecule has 17 heteroatoms. The number of methoxy groups -OCH3 is 1. The molecule has 0 N–H and O–H groups in total. The van der Waals surface area contributed by atoms with Crippen LogP contribution < -0.4 is 0 Å². The highest BCUT2D eigenvalue weighted by molar-refractivity contribution is 6.30. The molecule has 0 radical (unpaired) electrons. The number of alkyl halides is 15. The van der Waals surface area contributed by atoms with Crippen molar-refractivity contribution in [2.75, 3.05) is 7.11 Å². The molecule has 1 nitrogen and oxygen atoms in total. The molecule has 0 bridgehead atoms. The minimum Gasteiger partial charge on any atom is -0.374 e. The first-order valence-corrected chi connectivity index (χ1v) is 8.79. The fraction of sp³-hybridized carbons (Fsp3) is 0.647. The summed E-state index contributed by atoms with van der Waals surface area (Å²) in [5.41, 5.74) is -3.27. The van der Waals surface area contributed by atoms with Gasteiger partial charge in [0.15, 0.2) is 0 Å². The van der Waals surface area contributed by atoms with E-state index in [1.54, 1.807) is 0 Å². The molecular formula is C17H12ClF15O. The summed E-state index contributed by atoms with van der Waals surface area (Å²) in [6.45, 7) is 0.547. The Morgan fingerprint density at radius 3 is 1.47 bits per heavy atom. The van der Waals surface area contributed by atoms with Crippen molar-refractivity contribution in [3.63, 3.8) is 0 Å². The maximum Gasteiger partial charge on any atom is 0.460 e. The molecule has 0 aliphatic carbocycles. The molecule has 34 heavy (non-hydrogen) atoms. The standard InChI is InChI=1S/C17H12ClF15O/c1-10(34-2,8-4-3-5-9(18)6-8)7-11(19,20)12(21,22)13(23,24)14(25,26)15(27,28)16(29,30)17(31,32)33/h3-6H,7H2,1-2H3. The molecule has 0 fully saturated rings. The van der Waals surface area contributed by atoms with E-state index in [1.807, 2.05) is 0 Å². The highest BCUT2D eigenvalue weighted by Gasteiger charge is 2.93. The molecule has 1 atom stereocenters. The second kappa shape index (κ2) is 8.52. The average molecular weight is 553 g/mol. The van der Waals surface area contributed by atoms with Crippen molar-refractivity contribution in [3.05, 3.63) is 34.9 Å². The lowest BCUT2D eigenvalue weighted by atomic mass is 9.83. The summed E-state index contributed by atoms with van der Waals surface area (Å²) < 4.78 is 205. The van der Waals surface area contributed by atoms with Crippen LogP contribution in [0, 0.1) is 0 Å². The Morgan fingerprint density at radius 1 is 0.676 bits per heavy atom. The predicted octanol–water partition coefficient (Wildman–Crippen LogP) is 7.97.